The van der Waals surface area contributed by atoms with Gasteiger partial charge in [-0.15, -0.1) is 0 Å². The molecule has 0 aliphatic rings. The van der Waals surface area contributed by atoms with Crippen LogP contribution < -0.4 is 27.2 Å². The Labute approximate surface area is 213 Å². The number of nitrogens with one attached hydrogen (secondary N) is 2. The molecular formula is C28H27N5O4. The Morgan fingerprint density at radius 1 is 0.865 bits per heavy atom. The summed E-state index contributed by atoms with van der Waals surface area (Å²) >= 11 is 0. The van der Waals surface area contributed by atoms with Crippen LogP contribution in [0.3, 0.4) is 0 Å². The van der Waals surface area contributed by atoms with E-state index in [4.69, 9.17) is 5.73 Å². The molecule has 0 bridgehead atoms. The average molecular weight is 498 g/mol. The lowest BCUT2D eigenvalue weighted by atomic mass is 10.1. The first-order valence-electron chi connectivity index (χ1n) is 11.7. The highest BCUT2D eigenvalue weighted by Gasteiger charge is 2.25. The summed E-state index contributed by atoms with van der Waals surface area (Å²) < 4.78 is 1.25. The van der Waals surface area contributed by atoms with Gasteiger partial charge in [0.1, 0.15) is 5.82 Å². The first-order chi connectivity index (χ1) is 17.8. The summed E-state index contributed by atoms with van der Waals surface area (Å²) in [6.07, 6.45) is -0.0239. The highest BCUT2D eigenvalue weighted by Crippen LogP contribution is 2.22. The number of carbonyl (C=O) groups excluding carboxylic acids is 2. The van der Waals surface area contributed by atoms with Gasteiger partial charge in [0, 0.05) is 12.6 Å². The van der Waals surface area contributed by atoms with Crippen LogP contribution >= 0.6 is 0 Å². The van der Waals surface area contributed by atoms with E-state index in [2.05, 4.69) is 10.3 Å². The zero-order valence-electron chi connectivity index (χ0n) is 20.3. The molecule has 0 spiro atoms. The number of amides is 2. The number of H-pyrrole nitrogens is 1. The van der Waals surface area contributed by atoms with E-state index in [0.717, 1.165) is 11.1 Å². The van der Waals surface area contributed by atoms with E-state index in [1.807, 2.05) is 60.7 Å². The van der Waals surface area contributed by atoms with Crippen LogP contribution in [0, 0.1) is 0 Å². The van der Waals surface area contributed by atoms with Crippen LogP contribution in [0.1, 0.15) is 23.6 Å². The van der Waals surface area contributed by atoms with E-state index < -0.39 is 11.2 Å². The van der Waals surface area contributed by atoms with Crippen LogP contribution in [-0.2, 0) is 29.1 Å². The van der Waals surface area contributed by atoms with E-state index in [1.165, 1.54) is 16.4 Å². The summed E-state index contributed by atoms with van der Waals surface area (Å²) in [7, 11) is 0. The number of nitrogen functional groups attached to an aromatic ring is 1. The molecule has 2 amide bonds. The highest BCUT2D eigenvalue weighted by molar-refractivity contribution is 5.97. The molecule has 1 heterocycles. The Morgan fingerprint density at radius 3 is 2.05 bits per heavy atom. The molecule has 0 saturated carbocycles. The Bertz CT molecular complexity index is 1510. The SMILES string of the molecule is CC(=O)Nc1ccc(CC(=O)N(Cc2ccccc2)c2c(N)n(Cc3ccccc3)c(=O)[nH]c2=O)cc1. The Balaban J connectivity index is 1.72. The number of carbonyl (C=O) groups is 2. The lowest BCUT2D eigenvalue weighted by Gasteiger charge is -2.25. The van der Waals surface area contributed by atoms with Gasteiger partial charge in [0.15, 0.2) is 5.69 Å². The third-order valence-electron chi connectivity index (χ3n) is 5.78. The normalized spacial score (nSPS) is 10.6. The van der Waals surface area contributed by atoms with Crippen molar-refractivity contribution in [3.63, 3.8) is 0 Å². The molecule has 4 rings (SSSR count). The lowest BCUT2D eigenvalue weighted by molar-refractivity contribution is -0.118. The minimum absolute atomic E-state index is 0.0239. The molecule has 3 aromatic carbocycles. The van der Waals surface area contributed by atoms with E-state index in [0.29, 0.717) is 11.3 Å². The maximum Gasteiger partial charge on any atom is 0.330 e. The van der Waals surface area contributed by atoms with Crippen molar-refractivity contribution in [2.24, 2.45) is 0 Å². The largest absolute Gasteiger partial charge is 0.383 e. The van der Waals surface area contributed by atoms with Crippen LogP contribution in [0.4, 0.5) is 17.2 Å². The van der Waals surface area contributed by atoms with Crippen molar-refractivity contribution in [1.29, 1.82) is 0 Å². The number of benzene rings is 3. The second kappa shape index (κ2) is 11.2. The summed E-state index contributed by atoms with van der Waals surface area (Å²) in [4.78, 5) is 54.2. The third-order valence-corrected chi connectivity index (χ3v) is 5.78. The molecule has 0 aliphatic carbocycles. The zero-order valence-corrected chi connectivity index (χ0v) is 20.3. The molecule has 37 heavy (non-hydrogen) atoms. The van der Waals surface area contributed by atoms with Gasteiger partial charge in [-0.25, -0.2) is 4.79 Å². The summed E-state index contributed by atoms with van der Waals surface area (Å²) in [5.74, 6) is -0.667. The van der Waals surface area contributed by atoms with Gasteiger partial charge in [-0.2, -0.15) is 0 Å². The molecule has 4 N–H and O–H groups in total. The maximum absolute atomic E-state index is 13.6. The molecule has 4 aromatic rings. The zero-order chi connectivity index (χ0) is 26.4. The second-order valence-electron chi connectivity index (χ2n) is 8.59. The van der Waals surface area contributed by atoms with Gasteiger partial charge >= 0.3 is 5.69 Å². The minimum atomic E-state index is -0.739. The number of nitrogens with zero attached hydrogens (tertiary/aromatic N) is 2. The van der Waals surface area contributed by atoms with Crippen molar-refractivity contribution in [3.05, 3.63) is 122 Å². The molecule has 0 aliphatic heterocycles. The minimum Gasteiger partial charge on any atom is -0.383 e. The predicted molar refractivity (Wildman–Crippen MR) is 143 cm³/mol. The molecule has 188 valence electrons. The van der Waals surface area contributed by atoms with Crippen LogP contribution in [0.2, 0.25) is 0 Å². The molecule has 9 heteroatoms. The van der Waals surface area contributed by atoms with Gasteiger partial charge in [-0.05, 0) is 28.8 Å². The van der Waals surface area contributed by atoms with Gasteiger partial charge in [0.2, 0.25) is 11.8 Å². The van der Waals surface area contributed by atoms with Crippen molar-refractivity contribution in [3.8, 4) is 0 Å². The molecule has 0 saturated heterocycles. The number of nitrogens with two attached hydrogens (primary N) is 1. The number of anilines is 3. The van der Waals surface area contributed by atoms with Gasteiger partial charge in [-0.3, -0.25) is 28.8 Å². The van der Waals surface area contributed by atoms with E-state index >= 15 is 0 Å². The summed E-state index contributed by atoms with van der Waals surface area (Å²) in [5.41, 5.74) is 7.81. The van der Waals surface area contributed by atoms with Crippen molar-refractivity contribution < 1.29 is 9.59 Å². The van der Waals surface area contributed by atoms with Crippen molar-refractivity contribution >= 4 is 29.0 Å². The first kappa shape index (κ1) is 25.2. The summed E-state index contributed by atoms with van der Waals surface area (Å²) in [5, 5.41) is 2.68. The fourth-order valence-corrected chi connectivity index (χ4v) is 4.00. The van der Waals surface area contributed by atoms with Crippen LogP contribution in [0.25, 0.3) is 0 Å². The number of hydrogen-bond acceptors (Lipinski definition) is 5. The van der Waals surface area contributed by atoms with Gasteiger partial charge in [-0.1, -0.05) is 72.8 Å². The maximum atomic E-state index is 13.6. The summed E-state index contributed by atoms with van der Waals surface area (Å²) in [6, 6.07) is 25.3. The van der Waals surface area contributed by atoms with Crippen molar-refractivity contribution in [2.75, 3.05) is 16.0 Å². The topological polar surface area (TPSA) is 130 Å². The molecule has 0 fully saturated rings. The van der Waals surface area contributed by atoms with Gasteiger partial charge in [0.25, 0.3) is 5.56 Å². The Kier molecular flexibility index (Phi) is 7.63. The smallest absolute Gasteiger partial charge is 0.330 e. The predicted octanol–water partition coefficient (Wildman–Crippen LogP) is 2.90. The summed E-state index contributed by atoms with van der Waals surface area (Å²) in [6.45, 7) is 1.63. The van der Waals surface area contributed by atoms with Crippen molar-refractivity contribution in [2.45, 2.75) is 26.4 Å². The lowest BCUT2D eigenvalue weighted by Crippen LogP contribution is -2.41. The number of hydrogen-bond donors (Lipinski definition) is 3. The molecule has 0 unspecified atom stereocenters. The molecule has 0 atom stereocenters. The molecular weight excluding hydrogens is 470 g/mol. The van der Waals surface area contributed by atoms with Gasteiger partial charge < -0.3 is 11.1 Å². The van der Waals surface area contributed by atoms with Crippen LogP contribution in [0.15, 0.2) is 94.5 Å². The quantitative estimate of drug-likeness (QED) is 0.345. The standard InChI is InChI=1S/C28H27N5O4/c1-19(34)30-23-14-12-20(13-15-23)16-24(35)32(17-21-8-4-2-5-9-21)25-26(29)33(28(37)31-27(25)36)18-22-10-6-3-7-11-22/h2-15H,16-18,29H2,1H3,(H,30,34)(H,31,36,37). The van der Waals surface area contributed by atoms with Crippen LogP contribution in [-0.4, -0.2) is 21.4 Å². The molecule has 0 radical (unpaired) electrons. The number of aromatic amines is 1. The van der Waals surface area contributed by atoms with E-state index in [9.17, 15) is 19.2 Å². The Morgan fingerprint density at radius 2 is 1.46 bits per heavy atom. The fourth-order valence-electron chi connectivity index (χ4n) is 4.00. The average Bonchev–Trinajstić information content (AvgIpc) is 2.88. The molecule has 1 aromatic heterocycles. The van der Waals surface area contributed by atoms with Crippen molar-refractivity contribution in [1.82, 2.24) is 9.55 Å². The first-order valence-corrected chi connectivity index (χ1v) is 11.7. The number of rotatable bonds is 8. The van der Waals surface area contributed by atoms with Crippen LogP contribution in [0.5, 0.6) is 0 Å². The monoisotopic (exact) mass is 497 g/mol. The fraction of sp³-hybridized carbons (Fsp3) is 0.143. The molecule has 9 nitrogen and oxygen atoms in total. The third kappa shape index (κ3) is 6.21. The Hall–Kier alpha value is -4.92. The second-order valence-corrected chi connectivity index (χ2v) is 8.59. The number of aromatic nitrogens is 2. The highest BCUT2D eigenvalue weighted by atomic mass is 16.2. The van der Waals surface area contributed by atoms with E-state index in [1.54, 1.807) is 24.3 Å². The van der Waals surface area contributed by atoms with Gasteiger partial charge in [0.05, 0.1) is 19.5 Å². The van der Waals surface area contributed by atoms with E-state index in [-0.39, 0.29) is 42.8 Å².